The molecule has 0 saturated heterocycles. The summed E-state index contributed by atoms with van der Waals surface area (Å²) >= 11 is 0. The Labute approximate surface area is 168 Å². The highest BCUT2D eigenvalue weighted by molar-refractivity contribution is 5.92. The minimum atomic E-state index is -1.54. The number of rotatable bonds is 13. The quantitative estimate of drug-likeness (QED) is 0.172. The number of carbonyl (C=O) groups is 5. The van der Waals surface area contributed by atoms with Gasteiger partial charge >= 0.3 is 11.9 Å². The average Bonchev–Trinajstić information content (AvgIpc) is 2.64. The van der Waals surface area contributed by atoms with Gasteiger partial charge in [-0.3, -0.25) is 19.2 Å². The monoisotopic (exact) mass is 418 g/mol. The Morgan fingerprint density at radius 2 is 1.55 bits per heavy atom. The van der Waals surface area contributed by atoms with Crippen LogP contribution in [0, 0.1) is 5.92 Å². The molecule has 0 aromatic rings. The molecule has 0 aromatic heterocycles. The molecule has 0 aliphatic heterocycles. The molecule has 166 valence electrons. The number of nitrogens with two attached hydrogens (primary N) is 1. The third-order valence-corrected chi connectivity index (χ3v) is 4.29. The molecule has 12 heteroatoms. The number of nitrogens with one attached hydrogen (secondary N) is 3. The zero-order valence-corrected chi connectivity index (χ0v) is 16.7. The lowest BCUT2D eigenvalue weighted by molar-refractivity contribution is -0.145. The predicted octanol–water partition coefficient (Wildman–Crippen LogP) is -2.22. The first-order valence-electron chi connectivity index (χ1n) is 9.16. The highest BCUT2D eigenvalue weighted by Gasteiger charge is 2.31. The molecule has 3 amide bonds. The van der Waals surface area contributed by atoms with E-state index in [4.69, 9.17) is 15.9 Å². The van der Waals surface area contributed by atoms with Crippen LogP contribution < -0.4 is 21.7 Å². The van der Waals surface area contributed by atoms with Gasteiger partial charge in [0.25, 0.3) is 0 Å². The fourth-order valence-electron chi connectivity index (χ4n) is 2.27. The van der Waals surface area contributed by atoms with Crippen LogP contribution in [-0.4, -0.2) is 75.8 Å². The van der Waals surface area contributed by atoms with Crippen LogP contribution in [0.2, 0.25) is 0 Å². The standard InChI is InChI=1S/C17H30N4O8/c1-4-8(2)13(16(27)21-14(9(3)22)17(28)29)20-11(23)7-19-15(26)10(18)5-6-12(24)25/h8-10,13-14,22H,4-7,18H2,1-3H3,(H,19,26)(H,20,23)(H,21,27)(H,24,25)(H,28,29). The number of aliphatic carboxylic acids is 2. The van der Waals surface area contributed by atoms with E-state index in [1.165, 1.54) is 6.92 Å². The highest BCUT2D eigenvalue weighted by Crippen LogP contribution is 2.09. The van der Waals surface area contributed by atoms with Crippen molar-refractivity contribution in [1.29, 1.82) is 0 Å². The Kier molecular flexibility index (Phi) is 11.5. The summed E-state index contributed by atoms with van der Waals surface area (Å²) in [6.45, 7) is 4.14. The molecule has 29 heavy (non-hydrogen) atoms. The minimum Gasteiger partial charge on any atom is -0.481 e. The van der Waals surface area contributed by atoms with Gasteiger partial charge in [0.15, 0.2) is 6.04 Å². The number of amides is 3. The number of carboxylic acid groups (broad SMARTS) is 2. The Bertz CT molecular complexity index is 610. The van der Waals surface area contributed by atoms with Crippen molar-refractivity contribution in [3.63, 3.8) is 0 Å². The Hall–Kier alpha value is -2.73. The Morgan fingerprint density at radius 1 is 0.966 bits per heavy atom. The lowest BCUT2D eigenvalue weighted by Crippen LogP contribution is -2.57. The van der Waals surface area contributed by atoms with Crippen molar-refractivity contribution in [1.82, 2.24) is 16.0 Å². The van der Waals surface area contributed by atoms with Crippen molar-refractivity contribution >= 4 is 29.7 Å². The zero-order valence-electron chi connectivity index (χ0n) is 16.7. The largest absolute Gasteiger partial charge is 0.481 e. The number of aliphatic hydroxyl groups is 1. The molecule has 0 spiro atoms. The summed E-state index contributed by atoms with van der Waals surface area (Å²) in [6.07, 6.45) is -1.27. The van der Waals surface area contributed by atoms with Gasteiger partial charge in [0.1, 0.15) is 6.04 Å². The number of hydrogen-bond acceptors (Lipinski definition) is 7. The number of carbonyl (C=O) groups excluding carboxylic acids is 3. The summed E-state index contributed by atoms with van der Waals surface area (Å²) in [5.41, 5.74) is 5.53. The molecular formula is C17H30N4O8. The first-order valence-corrected chi connectivity index (χ1v) is 9.16. The number of carboxylic acids is 2. The molecule has 0 aromatic carbocycles. The van der Waals surface area contributed by atoms with Crippen LogP contribution in [0.1, 0.15) is 40.0 Å². The fraction of sp³-hybridized carbons (Fsp3) is 0.706. The Balaban J connectivity index is 4.87. The van der Waals surface area contributed by atoms with E-state index in [0.29, 0.717) is 6.42 Å². The summed E-state index contributed by atoms with van der Waals surface area (Å²) in [6, 6.07) is -3.74. The van der Waals surface area contributed by atoms with Gasteiger partial charge in [-0.1, -0.05) is 20.3 Å². The number of hydrogen-bond donors (Lipinski definition) is 7. The average molecular weight is 418 g/mol. The Morgan fingerprint density at radius 3 is 2.00 bits per heavy atom. The maximum atomic E-state index is 12.4. The van der Waals surface area contributed by atoms with E-state index in [1.807, 2.05) is 0 Å². The van der Waals surface area contributed by atoms with Gasteiger partial charge in [0.05, 0.1) is 18.7 Å². The lowest BCUT2D eigenvalue weighted by Gasteiger charge is -2.26. The van der Waals surface area contributed by atoms with Crippen molar-refractivity contribution < 1.29 is 39.3 Å². The normalized spacial score (nSPS) is 15.9. The first kappa shape index (κ1) is 26.3. The molecule has 0 heterocycles. The highest BCUT2D eigenvalue weighted by atomic mass is 16.4. The van der Waals surface area contributed by atoms with E-state index in [-0.39, 0.29) is 18.8 Å². The molecule has 0 saturated carbocycles. The third kappa shape index (κ3) is 9.85. The van der Waals surface area contributed by atoms with Crippen LogP contribution in [0.15, 0.2) is 0 Å². The third-order valence-electron chi connectivity index (χ3n) is 4.29. The summed E-state index contributed by atoms with van der Waals surface area (Å²) in [4.78, 5) is 58.0. The summed E-state index contributed by atoms with van der Waals surface area (Å²) in [5, 5.41) is 34.0. The minimum absolute atomic E-state index is 0.101. The van der Waals surface area contributed by atoms with Crippen molar-refractivity contribution in [2.45, 2.75) is 64.3 Å². The van der Waals surface area contributed by atoms with Gasteiger partial charge in [-0.05, 0) is 19.3 Å². The van der Waals surface area contributed by atoms with Crippen LogP contribution in [0.4, 0.5) is 0 Å². The molecule has 0 fully saturated rings. The van der Waals surface area contributed by atoms with E-state index in [0.717, 1.165) is 0 Å². The summed E-state index contributed by atoms with van der Waals surface area (Å²) in [7, 11) is 0. The van der Waals surface area contributed by atoms with Crippen molar-refractivity contribution in [2.24, 2.45) is 11.7 Å². The molecular weight excluding hydrogens is 388 g/mol. The summed E-state index contributed by atoms with van der Waals surface area (Å²) in [5.74, 6) is -5.11. The smallest absolute Gasteiger partial charge is 0.328 e. The topological polar surface area (TPSA) is 208 Å². The summed E-state index contributed by atoms with van der Waals surface area (Å²) < 4.78 is 0. The molecule has 8 N–H and O–H groups in total. The van der Waals surface area contributed by atoms with Gasteiger partial charge in [0.2, 0.25) is 17.7 Å². The maximum Gasteiger partial charge on any atom is 0.328 e. The fourth-order valence-corrected chi connectivity index (χ4v) is 2.27. The second kappa shape index (κ2) is 12.7. The van der Waals surface area contributed by atoms with Gasteiger partial charge in [-0.2, -0.15) is 0 Å². The predicted molar refractivity (Wildman–Crippen MR) is 100 cm³/mol. The van der Waals surface area contributed by atoms with E-state index in [9.17, 15) is 29.1 Å². The van der Waals surface area contributed by atoms with Crippen LogP contribution in [0.3, 0.4) is 0 Å². The zero-order chi connectivity index (χ0) is 22.7. The van der Waals surface area contributed by atoms with Gasteiger partial charge in [-0.25, -0.2) is 4.79 Å². The SMILES string of the molecule is CCC(C)C(NC(=O)CNC(=O)C(N)CCC(=O)O)C(=O)NC(C(=O)O)C(C)O. The second-order valence-electron chi connectivity index (χ2n) is 6.75. The molecule has 0 radical (unpaired) electrons. The second-order valence-corrected chi connectivity index (χ2v) is 6.75. The van der Waals surface area contributed by atoms with E-state index >= 15 is 0 Å². The van der Waals surface area contributed by atoms with Gasteiger partial charge < -0.3 is 37.0 Å². The van der Waals surface area contributed by atoms with Crippen molar-refractivity contribution in [2.75, 3.05) is 6.54 Å². The maximum absolute atomic E-state index is 12.4. The molecule has 12 nitrogen and oxygen atoms in total. The van der Waals surface area contributed by atoms with E-state index < -0.39 is 60.4 Å². The molecule has 0 aliphatic carbocycles. The van der Waals surface area contributed by atoms with Gasteiger partial charge in [-0.15, -0.1) is 0 Å². The van der Waals surface area contributed by atoms with Gasteiger partial charge in [0, 0.05) is 6.42 Å². The van der Waals surface area contributed by atoms with Crippen molar-refractivity contribution in [3.8, 4) is 0 Å². The molecule has 0 bridgehead atoms. The molecule has 5 atom stereocenters. The van der Waals surface area contributed by atoms with Crippen LogP contribution in [-0.2, 0) is 24.0 Å². The first-order chi connectivity index (χ1) is 13.4. The van der Waals surface area contributed by atoms with E-state index in [2.05, 4.69) is 16.0 Å². The molecule has 5 unspecified atom stereocenters. The van der Waals surface area contributed by atoms with Crippen molar-refractivity contribution in [3.05, 3.63) is 0 Å². The van der Waals surface area contributed by atoms with E-state index in [1.54, 1.807) is 13.8 Å². The van der Waals surface area contributed by atoms with Crippen LogP contribution in [0.25, 0.3) is 0 Å². The lowest BCUT2D eigenvalue weighted by atomic mass is 9.97. The number of aliphatic hydroxyl groups excluding tert-OH is 1. The molecule has 0 rings (SSSR count). The molecule has 0 aliphatic rings. The van der Waals surface area contributed by atoms with Crippen LogP contribution in [0.5, 0.6) is 0 Å². The van der Waals surface area contributed by atoms with Crippen LogP contribution >= 0.6 is 0 Å².